The first-order valence-corrected chi connectivity index (χ1v) is 9.16. The summed E-state index contributed by atoms with van der Waals surface area (Å²) in [6, 6.07) is 12.0. The zero-order valence-corrected chi connectivity index (χ0v) is 15.8. The number of aromatic nitrogens is 1. The topological polar surface area (TPSA) is 105 Å². The van der Waals surface area contributed by atoms with E-state index in [4.69, 9.17) is 9.15 Å². The summed E-state index contributed by atoms with van der Waals surface area (Å²) in [4.78, 5) is 27.4. The third kappa shape index (κ3) is 3.80. The summed E-state index contributed by atoms with van der Waals surface area (Å²) >= 11 is 0. The van der Waals surface area contributed by atoms with Gasteiger partial charge in [-0.05, 0) is 23.8 Å². The van der Waals surface area contributed by atoms with Crippen LogP contribution in [0.3, 0.4) is 0 Å². The number of amides is 1. The second-order valence-corrected chi connectivity index (χ2v) is 6.82. The molecule has 0 saturated heterocycles. The summed E-state index contributed by atoms with van der Waals surface area (Å²) in [5, 5.41) is 14.0. The minimum absolute atomic E-state index is 0.0248. The summed E-state index contributed by atoms with van der Waals surface area (Å²) in [5.74, 6) is -0.797. The molecule has 1 unspecified atom stereocenters. The van der Waals surface area contributed by atoms with Crippen molar-refractivity contribution >= 4 is 33.7 Å². The van der Waals surface area contributed by atoms with Crippen LogP contribution in [0.1, 0.15) is 11.1 Å². The lowest BCUT2D eigenvalue weighted by Crippen LogP contribution is -2.42. The van der Waals surface area contributed by atoms with Gasteiger partial charge in [0, 0.05) is 40.5 Å². The van der Waals surface area contributed by atoms with Gasteiger partial charge in [-0.2, -0.15) is 0 Å². The first-order valence-electron chi connectivity index (χ1n) is 9.16. The van der Waals surface area contributed by atoms with Crippen molar-refractivity contribution in [3.05, 3.63) is 66.1 Å². The van der Waals surface area contributed by atoms with Crippen LogP contribution in [0.25, 0.3) is 21.9 Å². The molecule has 0 saturated carbocycles. The van der Waals surface area contributed by atoms with Crippen molar-refractivity contribution in [1.82, 2.24) is 10.3 Å². The molecule has 0 radical (unpaired) electrons. The third-order valence-electron chi connectivity index (χ3n) is 4.95. The van der Waals surface area contributed by atoms with Gasteiger partial charge in [0.2, 0.25) is 5.91 Å². The average molecular weight is 392 g/mol. The van der Waals surface area contributed by atoms with E-state index in [1.807, 2.05) is 30.3 Å². The molecule has 3 N–H and O–H groups in total. The number of benzene rings is 2. The van der Waals surface area contributed by atoms with Gasteiger partial charge in [-0.25, -0.2) is 4.79 Å². The van der Waals surface area contributed by atoms with Crippen molar-refractivity contribution in [2.24, 2.45) is 0 Å². The zero-order valence-electron chi connectivity index (χ0n) is 15.8. The summed E-state index contributed by atoms with van der Waals surface area (Å²) in [6.45, 7) is 0. The number of fused-ring (bicyclic) bond motifs is 2. The fourth-order valence-electron chi connectivity index (χ4n) is 3.47. The number of carboxylic acids is 1. The van der Waals surface area contributed by atoms with Gasteiger partial charge in [0.05, 0.1) is 19.8 Å². The number of aliphatic carboxylic acids is 1. The molecule has 0 aliphatic rings. The first-order chi connectivity index (χ1) is 14.0. The van der Waals surface area contributed by atoms with E-state index in [1.54, 1.807) is 25.4 Å². The van der Waals surface area contributed by atoms with Crippen LogP contribution in [0.4, 0.5) is 0 Å². The maximum Gasteiger partial charge on any atom is 0.326 e. The fraction of sp³-hybridized carbons (Fsp3) is 0.182. The number of furan rings is 1. The number of H-pyrrole nitrogens is 1. The molecule has 0 aliphatic heterocycles. The van der Waals surface area contributed by atoms with Crippen LogP contribution < -0.4 is 10.1 Å². The Morgan fingerprint density at radius 1 is 1.17 bits per heavy atom. The SMILES string of the molecule is COc1ccc2c(CC(=O)NC(Cc3c[nH]c4ccccc34)C(=O)O)coc2c1. The lowest BCUT2D eigenvalue weighted by molar-refractivity contribution is -0.141. The normalized spacial score (nSPS) is 12.2. The molecule has 2 aromatic heterocycles. The highest BCUT2D eigenvalue weighted by Gasteiger charge is 2.22. The Morgan fingerprint density at radius 3 is 2.79 bits per heavy atom. The number of methoxy groups -OCH3 is 1. The second kappa shape index (κ2) is 7.71. The number of aromatic amines is 1. The van der Waals surface area contributed by atoms with Gasteiger partial charge in [0.25, 0.3) is 0 Å². The number of rotatable bonds is 7. The van der Waals surface area contributed by atoms with Gasteiger partial charge < -0.3 is 24.6 Å². The summed E-state index contributed by atoms with van der Waals surface area (Å²) in [6.07, 6.45) is 3.51. The molecule has 0 aliphatic carbocycles. The van der Waals surface area contributed by atoms with Crippen LogP contribution in [0.5, 0.6) is 5.75 Å². The number of hydrogen-bond acceptors (Lipinski definition) is 4. The Morgan fingerprint density at radius 2 is 2.00 bits per heavy atom. The quantitative estimate of drug-likeness (QED) is 0.448. The van der Waals surface area contributed by atoms with Gasteiger partial charge in [-0.15, -0.1) is 0 Å². The molecular formula is C22H20N2O5. The first kappa shape index (κ1) is 18.6. The molecule has 0 fully saturated rings. The van der Waals surface area contributed by atoms with Gasteiger partial charge in [-0.3, -0.25) is 4.79 Å². The number of hydrogen-bond donors (Lipinski definition) is 3. The molecule has 2 aromatic carbocycles. The smallest absolute Gasteiger partial charge is 0.326 e. The fourth-order valence-corrected chi connectivity index (χ4v) is 3.47. The molecule has 29 heavy (non-hydrogen) atoms. The van der Waals surface area contributed by atoms with Crippen LogP contribution in [-0.2, 0) is 22.4 Å². The Kier molecular flexibility index (Phi) is 4.95. The highest BCUT2D eigenvalue weighted by Crippen LogP contribution is 2.26. The van der Waals surface area contributed by atoms with Crippen molar-refractivity contribution in [2.75, 3.05) is 7.11 Å². The Balaban J connectivity index is 1.49. The Bertz CT molecular complexity index is 1190. The number of ether oxygens (including phenoxy) is 1. The molecule has 0 bridgehead atoms. The standard InChI is InChI=1S/C22H20N2O5/c1-28-15-6-7-17-14(12-29-20(17)10-15)9-21(25)24-19(22(26)27)8-13-11-23-18-5-3-2-4-16(13)18/h2-7,10-12,19,23H,8-9H2,1H3,(H,24,25)(H,26,27). The van der Waals surface area contributed by atoms with E-state index in [9.17, 15) is 14.7 Å². The maximum absolute atomic E-state index is 12.5. The Labute approximate surface area is 166 Å². The number of carboxylic acid groups (broad SMARTS) is 1. The van der Waals surface area contributed by atoms with Crippen LogP contribution >= 0.6 is 0 Å². The number of carbonyl (C=O) groups is 2. The molecule has 1 amide bonds. The van der Waals surface area contributed by atoms with Crippen LogP contribution in [0.15, 0.2) is 59.3 Å². The lowest BCUT2D eigenvalue weighted by atomic mass is 10.0. The van der Waals surface area contributed by atoms with E-state index in [-0.39, 0.29) is 18.7 Å². The molecule has 1 atom stereocenters. The zero-order chi connectivity index (χ0) is 20.4. The monoisotopic (exact) mass is 392 g/mol. The van der Waals surface area contributed by atoms with Gasteiger partial charge in [0.1, 0.15) is 17.4 Å². The summed E-state index contributed by atoms with van der Waals surface area (Å²) in [5.41, 5.74) is 3.07. The van der Waals surface area contributed by atoms with Gasteiger partial charge in [-0.1, -0.05) is 18.2 Å². The largest absolute Gasteiger partial charge is 0.497 e. The van der Waals surface area contributed by atoms with Crippen molar-refractivity contribution in [3.63, 3.8) is 0 Å². The van der Waals surface area contributed by atoms with E-state index in [0.717, 1.165) is 21.9 Å². The molecule has 4 rings (SSSR count). The van der Waals surface area contributed by atoms with Crippen molar-refractivity contribution in [3.8, 4) is 5.75 Å². The van der Waals surface area contributed by atoms with E-state index in [0.29, 0.717) is 16.9 Å². The maximum atomic E-state index is 12.5. The van der Waals surface area contributed by atoms with Gasteiger partial charge in [0.15, 0.2) is 0 Å². The van der Waals surface area contributed by atoms with E-state index in [1.165, 1.54) is 6.26 Å². The summed E-state index contributed by atoms with van der Waals surface area (Å²) in [7, 11) is 1.57. The predicted molar refractivity (Wildman–Crippen MR) is 108 cm³/mol. The van der Waals surface area contributed by atoms with Crippen molar-refractivity contribution < 1.29 is 23.8 Å². The lowest BCUT2D eigenvalue weighted by Gasteiger charge is -2.14. The number of carbonyl (C=O) groups excluding carboxylic acids is 1. The molecular weight excluding hydrogens is 372 g/mol. The number of nitrogens with one attached hydrogen (secondary N) is 2. The predicted octanol–water partition coefficient (Wildman–Crippen LogP) is 3.28. The average Bonchev–Trinajstić information content (AvgIpc) is 3.31. The van der Waals surface area contributed by atoms with Crippen LogP contribution in [-0.4, -0.2) is 35.1 Å². The minimum Gasteiger partial charge on any atom is -0.497 e. The highest BCUT2D eigenvalue weighted by atomic mass is 16.5. The van der Waals surface area contributed by atoms with Gasteiger partial charge >= 0.3 is 5.97 Å². The molecule has 7 heteroatoms. The van der Waals surface area contributed by atoms with Crippen LogP contribution in [0, 0.1) is 0 Å². The van der Waals surface area contributed by atoms with Crippen molar-refractivity contribution in [2.45, 2.75) is 18.9 Å². The molecule has 4 aromatic rings. The molecule has 0 spiro atoms. The second-order valence-electron chi connectivity index (χ2n) is 6.82. The number of para-hydroxylation sites is 1. The third-order valence-corrected chi connectivity index (χ3v) is 4.95. The van der Waals surface area contributed by atoms with E-state index < -0.39 is 12.0 Å². The minimum atomic E-state index is -1.08. The summed E-state index contributed by atoms with van der Waals surface area (Å²) < 4.78 is 10.7. The molecule has 2 heterocycles. The van der Waals surface area contributed by atoms with Crippen LogP contribution in [0.2, 0.25) is 0 Å². The molecule has 148 valence electrons. The van der Waals surface area contributed by atoms with E-state index >= 15 is 0 Å². The molecule has 7 nitrogen and oxygen atoms in total. The van der Waals surface area contributed by atoms with E-state index in [2.05, 4.69) is 10.3 Å². The Hall–Kier alpha value is -3.74. The van der Waals surface area contributed by atoms with Crippen molar-refractivity contribution in [1.29, 1.82) is 0 Å². The highest BCUT2D eigenvalue weighted by molar-refractivity contribution is 5.91.